The molecule has 2 aromatic heterocycles. The predicted octanol–water partition coefficient (Wildman–Crippen LogP) is 2.16. The third kappa shape index (κ3) is 4.00. The van der Waals surface area contributed by atoms with E-state index < -0.39 is 0 Å². The molecule has 1 N–H and O–H groups in total. The zero-order valence-corrected chi connectivity index (χ0v) is 19.0. The molecule has 5 heterocycles. The van der Waals surface area contributed by atoms with Crippen molar-refractivity contribution in [1.29, 1.82) is 0 Å². The molecule has 0 aliphatic carbocycles. The van der Waals surface area contributed by atoms with Crippen LogP contribution in [0.5, 0.6) is 5.88 Å². The van der Waals surface area contributed by atoms with Gasteiger partial charge >= 0.3 is 0 Å². The maximum Gasteiger partial charge on any atom is 0.269 e. The molecule has 6 rings (SSSR count). The minimum atomic E-state index is -0.238. The summed E-state index contributed by atoms with van der Waals surface area (Å²) in [6, 6.07) is 5.61. The molecule has 1 unspecified atom stereocenters. The predicted molar refractivity (Wildman–Crippen MR) is 123 cm³/mol. The Morgan fingerprint density at radius 1 is 1.24 bits per heavy atom. The first-order chi connectivity index (χ1) is 16.2. The van der Waals surface area contributed by atoms with Gasteiger partial charge < -0.3 is 19.5 Å². The Bertz CT molecular complexity index is 1260. The van der Waals surface area contributed by atoms with Gasteiger partial charge in [-0.05, 0) is 44.1 Å². The van der Waals surface area contributed by atoms with Gasteiger partial charge in [0, 0.05) is 42.9 Å². The van der Waals surface area contributed by atoms with Crippen LogP contribution in [0.15, 0.2) is 34.1 Å². The first-order valence-electron chi connectivity index (χ1n) is 11.4. The fourth-order valence-electron chi connectivity index (χ4n) is 5.16. The molecule has 1 saturated heterocycles. The Morgan fingerprint density at radius 2 is 2.12 bits per heavy atom. The van der Waals surface area contributed by atoms with Crippen molar-refractivity contribution >= 4 is 22.8 Å². The van der Waals surface area contributed by atoms with Crippen LogP contribution >= 0.6 is 11.8 Å². The Kier molecular flexibility index (Phi) is 5.51. The number of nitrogens with zero attached hydrogens (tertiary/aromatic N) is 5. The van der Waals surface area contributed by atoms with Gasteiger partial charge in [-0.1, -0.05) is 0 Å². The minimum Gasteiger partial charge on any atom is -0.475 e. The van der Waals surface area contributed by atoms with Gasteiger partial charge in [0.15, 0.2) is 0 Å². The first kappa shape index (κ1) is 21.0. The maximum atomic E-state index is 14.7. The molecule has 33 heavy (non-hydrogen) atoms. The Hall–Kier alpha value is -2.56. The number of rotatable bonds is 5. The summed E-state index contributed by atoms with van der Waals surface area (Å²) in [7, 11) is 0. The summed E-state index contributed by atoms with van der Waals surface area (Å²) in [5.74, 6) is 1.32. The summed E-state index contributed by atoms with van der Waals surface area (Å²) < 4.78 is 21.9. The van der Waals surface area contributed by atoms with Gasteiger partial charge in [0.1, 0.15) is 5.82 Å². The second kappa shape index (κ2) is 8.66. The Morgan fingerprint density at radius 3 is 3.00 bits per heavy atom. The molecule has 8 nitrogen and oxygen atoms in total. The molecule has 0 amide bonds. The third-order valence-electron chi connectivity index (χ3n) is 6.80. The quantitative estimate of drug-likeness (QED) is 0.610. The van der Waals surface area contributed by atoms with E-state index in [4.69, 9.17) is 4.74 Å². The van der Waals surface area contributed by atoms with Gasteiger partial charge in [0.05, 0.1) is 34.4 Å². The van der Waals surface area contributed by atoms with E-state index in [9.17, 15) is 9.18 Å². The SMILES string of the molecule is O=c1cnc2ccc(F)c3c2n1CC3CN1CCC(NCc2cc3c(nn2)OCCS3)CC1. The lowest BCUT2D eigenvalue weighted by Crippen LogP contribution is -2.43. The van der Waals surface area contributed by atoms with Crippen LogP contribution in [0.4, 0.5) is 4.39 Å². The highest BCUT2D eigenvalue weighted by molar-refractivity contribution is 7.99. The summed E-state index contributed by atoms with van der Waals surface area (Å²) in [5.41, 5.74) is 2.77. The molecule has 0 spiro atoms. The molecule has 3 aromatic rings. The standard InChI is InChI=1S/C23H25FN6O2S/c24-17-1-2-18-22-21(17)14(13-30(22)20(31)11-26-18)12-29-5-3-15(4-6-29)25-10-16-9-19-23(28-27-16)32-7-8-33-19/h1-2,9,11,14-15,25H,3-8,10,12-13H2. The number of hydrogen-bond acceptors (Lipinski definition) is 8. The van der Waals surface area contributed by atoms with Crippen molar-refractivity contribution in [3.05, 3.63) is 51.8 Å². The van der Waals surface area contributed by atoms with E-state index in [0.717, 1.165) is 48.8 Å². The molecular weight excluding hydrogens is 443 g/mol. The van der Waals surface area contributed by atoms with Crippen molar-refractivity contribution in [3.8, 4) is 5.88 Å². The number of halogens is 1. The van der Waals surface area contributed by atoms with Crippen LogP contribution in [-0.2, 0) is 13.1 Å². The number of fused-ring (bicyclic) bond motifs is 1. The van der Waals surface area contributed by atoms with Crippen molar-refractivity contribution < 1.29 is 9.13 Å². The molecule has 3 aliphatic rings. The van der Waals surface area contributed by atoms with Crippen LogP contribution in [0.3, 0.4) is 0 Å². The third-order valence-corrected chi connectivity index (χ3v) is 7.77. The van der Waals surface area contributed by atoms with Crippen LogP contribution < -0.4 is 15.6 Å². The average Bonchev–Trinajstić information content (AvgIpc) is 3.23. The average molecular weight is 469 g/mol. The van der Waals surface area contributed by atoms with Gasteiger partial charge in [-0.2, -0.15) is 5.10 Å². The summed E-state index contributed by atoms with van der Waals surface area (Å²) in [6.45, 7) is 4.52. The Balaban J connectivity index is 1.06. The molecule has 0 radical (unpaired) electrons. The van der Waals surface area contributed by atoms with Crippen molar-refractivity contribution in [2.75, 3.05) is 32.0 Å². The summed E-state index contributed by atoms with van der Waals surface area (Å²) in [5, 5.41) is 12.1. The largest absolute Gasteiger partial charge is 0.475 e. The van der Waals surface area contributed by atoms with Crippen LogP contribution in [0.25, 0.3) is 11.0 Å². The number of piperidine rings is 1. The minimum absolute atomic E-state index is 0.0272. The van der Waals surface area contributed by atoms with Crippen molar-refractivity contribution in [2.45, 2.75) is 42.8 Å². The molecule has 0 bridgehead atoms. The number of hydrogen-bond donors (Lipinski definition) is 1. The summed E-state index contributed by atoms with van der Waals surface area (Å²) in [6.07, 6.45) is 3.37. The number of likely N-dealkylation sites (tertiary alicyclic amines) is 1. The van der Waals surface area contributed by atoms with Crippen LogP contribution in [-0.4, -0.2) is 62.7 Å². The van der Waals surface area contributed by atoms with E-state index in [2.05, 4.69) is 31.5 Å². The van der Waals surface area contributed by atoms with E-state index in [1.54, 1.807) is 22.4 Å². The van der Waals surface area contributed by atoms with Crippen molar-refractivity contribution in [3.63, 3.8) is 0 Å². The van der Waals surface area contributed by atoms with Gasteiger partial charge in [-0.15, -0.1) is 16.9 Å². The maximum absolute atomic E-state index is 14.7. The highest BCUT2D eigenvalue weighted by Crippen LogP contribution is 2.35. The molecule has 10 heteroatoms. The van der Waals surface area contributed by atoms with Crippen LogP contribution in [0.2, 0.25) is 0 Å². The second-order valence-electron chi connectivity index (χ2n) is 8.89. The van der Waals surface area contributed by atoms with E-state index in [1.807, 2.05) is 0 Å². The lowest BCUT2D eigenvalue weighted by Gasteiger charge is -2.34. The summed E-state index contributed by atoms with van der Waals surface area (Å²) >= 11 is 1.76. The van der Waals surface area contributed by atoms with Crippen molar-refractivity contribution in [2.24, 2.45) is 0 Å². The summed E-state index contributed by atoms with van der Waals surface area (Å²) in [4.78, 5) is 20.0. The lowest BCUT2D eigenvalue weighted by atomic mass is 9.97. The molecule has 172 valence electrons. The fraction of sp³-hybridized carbons (Fsp3) is 0.478. The molecule has 3 aliphatic heterocycles. The van der Waals surface area contributed by atoms with Crippen LogP contribution in [0.1, 0.15) is 30.0 Å². The lowest BCUT2D eigenvalue weighted by molar-refractivity contribution is 0.184. The van der Waals surface area contributed by atoms with Crippen molar-refractivity contribution in [1.82, 2.24) is 30.0 Å². The molecule has 1 fully saturated rings. The normalized spacial score (nSPS) is 20.7. The smallest absolute Gasteiger partial charge is 0.269 e. The number of aromatic nitrogens is 4. The zero-order chi connectivity index (χ0) is 22.4. The van der Waals surface area contributed by atoms with E-state index >= 15 is 0 Å². The van der Waals surface area contributed by atoms with Gasteiger partial charge in [0.25, 0.3) is 5.56 Å². The van der Waals surface area contributed by atoms with Crippen LogP contribution in [0, 0.1) is 5.82 Å². The number of nitrogens with one attached hydrogen (secondary N) is 1. The van der Waals surface area contributed by atoms with E-state index in [1.165, 1.54) is 12.3 Å². The number of benzene rings is 1. The molecule has 0 saturated carbocycles. The number of thioether (sulfide) groups is 1. The highest BCUT2D eigenvalue weighted by Gasteiger charge is 2.31. The number of ether oxygens (including phenoxy) is 1. The molecule has 1 aromatic carbocycles. The van der Waals surface area contributed by atoms with E-state index in [0.29, 0.717) is 48.2 Å². The molecule has 1 atom stereocenters. The van der Waals surface area contributed by atoms with Gasteiger partial charge in [-0.3, -0.25) is 4.79 Å². The molecular formula is C23H25FN6O2S. The highest BCUT2D eigenvalue weighted by atomic mass is 32.2. The fourth-order valence-corrected chi connectivity index (χ4v) is 5.98. The topological polar surface area (TPSA) is 85.2 Å². The van der Waals surface area contributed by atoms with Gasteiger partial charge in [0.2, 0.25) is 5.88 Å². The first-order valence-corrected chi connectivity index (χ1v) is 12.4. The van der Waals surface area contributed by atoms with Gasteiger partial charge in [-0.25, -0.2) is 9.37 Å². The monoisotopic (exact) mass is 468 g/mol. The zero-order valence-electron chi connectivity index (χ0n) is 18.2. The van der Waals surface area contributed by atoms with E-state index in [-0.39, 0.29) is 17.3 Å². The second-order valence-corrected chi connectivity index (χ2v) is 10.0. The Labute approximate surface area is 194 Å².